The maximum atomic E-state index is 12.1. The molecule has 0 bridgehead atoms. The van der Waals surface area contributed by atoms with E-state index in [0.717, 1.165) is 12.0 Å². The molecule has 118 valence electrons. The van der Waals surface area contributed by atoms with Crippen molar-refractivity contribution in [1.29, 1.82) is 0 Å². The Hall–Kier alpha value is -2.34. The number of amides is 1. The molecule has 0 radical (unpaired) electrons. The molecule has 0 saturated carbocycles. The van der Waals surface area contributed by atoms with Gasteiger partial charge in [0.25, 0.3) is 5.91 Å². The minimum absolute atomic E-state index is 0.226. The number of para-hydroxylation sites is 1. The summed E-state index contributed by atoms with van der Waals surface area (Å²) in [6.45, 7) is 4.48. The second kappa shape index (κ2) is 7.09. The van der Waals surface area contributed by atoms with Gasteiger partial charge in [0.15, 0.2) is 5.69 Å². The zero-order valence-electron chi connectivity index (χ0n) is 12.9. The van der Waals surface area contributed by atoms with Crippen LogP contribution >= 0.6 is 0 Å². The van der Waals surface area contributed by atoms with E-state index < -0.39 is 0 Å². The number of oxazole rings is 1. The molecular formula is C16H22N4O2. The zero-order chi connectivity index (χ0) is 16.1. The molecule has 1 atom stereocenters. The highest BCUT2D eigenvalue weighted by Gasteiger charge is 2.17. The number of carbonyl (C=O) groups excluding carboxylic acids is 1. The molecule has 1 heterocycles. The molecule has 6 nitrogen and oxygen atoms in total. The van der Waals surface area contributed by atoms with Gasteiger partial charge in [0, 0.05) is 12.2 Å². The number of anilines is 1. The quantitative estimate of drug-likeness (QED) is 0.709. The molecule has 2 aromatic rings. The van der Waals surface area contributed by atoms with E-state index in [1.165, 1.54) is 6.26 Å². The number of nitrogens with two attached hydrogens (primary N) is 2. The molecule has 1 aromatic heterocycles. The Bertz CT molecular complexity index is 637. The Morgan fingerprint density at radius 3 is 2.77 bits per heavy atom. The SMILES string of the molecule is CC(C)CC(N)c1nc(C(=O)NCc2ccccc2N)co1. The van der Waals surface area contributed by atoms with Crippen LogP contribution in [0.4, 0.5) is 5.69 Å². The average molecular weight is 302 g/mol. The summed E-state index contributed by atoms with van der Waals surface area (Å²) in [6, 6.07) is 7.08. The first kappa shape index (κ1) is 16.0. The third-order valence-corrected chi connectivity index (χ3v) is 3.29. The molecule has 0 aliphatic carbocycles. The van der Waals surface area contributed by atoms with Crippen LogP contribution in [0.1, 0.15) is 48.3 Å². The summed E-state index contributed by atoms with van der Waals surface area (Å²) in [5.74, 6) is 0.508. The molecule has 2 rings (SSSR count). The van der Waals surface area contributed by atoms with Gasteiger partial charge in [0.2, 0.25) is 5.89 Å². The van der Waals surface area contributed by atoms with Crippen LogP contribution in [-0.2, 0) is 6.54 Å². The molecule has 1 amide bonds. The van der Waals surface area contributed by atoms with Crippen molar-refractivity contribution in [3.63, 3.8) is 0 Å². The van der Waals surface area contributed by atoms with E-state index in [1.807, 2.05) is 18.2 Å². The van der Waals surface area contributed by atoms with Gasteiger partial charge in [-0.25, -0.2) is 4.98 Å². The second-order valence-electron chi connectivity index (χ2n) is 5.69. The monoisotopic (exact) mass is 302 g/mol. The molecule has 5 N–H and O–H groups in total. The molecule has 0 aliphatic rings. The predicted octanol–water partition coefficient (Wildman–Crippen LogP) is 2.23. The van der Waals surface area contributed by atoms with Gasteiger partial charge < -0.3 is 21.2 Å². The first-order valence-corrected chi connectivity index (χ1v) is 7.30. The van der Waals surface area contributed by atoms with Gasteiger partial charge in [-0.15, -0.1) is 0 Å². The van der Waals surface area contributed by atoms with Crippen LogP contribution in [0.25, 0.3) is 0 Å². The van der Waals surface area contributed by atoms with E-state index in [-0.39, 0.29) is 17.6 Å². The van der Waals surface area contributed by atoms with Crippen molar-refractivity contribution in [1.82, 2.24) is 10.3 Å². The largest absolute Gasteiger partial charge is 0.446 e. The number of aromatic nitrogens is 1. The normalized spacial score (nSPS) is 12.4. The molecule has 6 heteroatoms. The fourth-order valence-corrected chi connectivity index (χ4v) is 2.13. The lowest BCUT2D eigenvalue weighted by Gasteiger charge is -2.09. The van der Waals surface area contributed by atoms with Crippen LogP contribution in [-0.4, -0.2) is 10.9 Å². The van der Waals surface area contributed by atoms with Crippen molar-refractivity contribution in [2.75, 3.05) is 5.73 Å². The van der Waals surface area contributed by atoms with Gasteiger partial charge in [-0.3, -0.25) is 4.79 Å². The molecule has 0 aliphatic heterocycles. The Morgan fingerprint density at radius 1 is 1.36 bits per heavy atom. The highest BCUT2D eigenvalue weighted by atomic mass is 16.3. The van der Waals surface area contributed by atoms with Crippen LogP contribution in [0.5, 0.6) is 0 Å². The highest BCUT2D eigenvalue weighted by molar-refractivity contribution is 5.91. The van der Waals surface area contributed by atoms with Crippen LogP contribution in [0.15, 0.2) is 34.9 Å². The maximum Gasteiger partial charge on any atom is 0.273 e. The van der Waals surface area contributed by atoms with E-state index in [4.69, 9.17) is 15.9 Å². The van der Waals surface area contributed by atoms with E-state index in [1.54, 1.807) is 6.07 Å². The number of hydrogen-bond acceptors (Lipinski definition) is 5. The summed E-state index contributed by atoms with van der Waals surface area (Å²) in [7, 11) is 0. The molecule has 1 aromatic carbocycles. The Kier molecular flexibility index (Phi) is 5.16. The lowest BCUT2D eigenvalue weighted by Crippen LogP contribution is -2.24. The number of benzene rings is 1. The van der Waals surface area contributed by atoms with E-state index >= 15 is 0 Å². The predicted molar refractivity (Wildman–Crippen MR) is 84.9 cm³/mol. The second-order valence-corrected chi connectivity index (χ2v) is 5.69. The first-order chi connectivity index (χ1) is 10.5. The fraction of sp³-hybridized carbons (Fsp3) is 0.375. The number of rotatable bonds is 6. The van der Waals surface area contributed by atoms with Gasteiger partial charge in [0.05, 0.1) is 6.04 Å². The van der Waals surface area contributed by atoms with Crippen LogP contribution in [0, 0.1) is 5.92 Å². The van der Waals surface area contributed by atoms with Crippen molar-refractivity contribution >= 4 is 11.6 Å². The van der Waals surface area contributed by atoms with Gasteiger partial charge in [-0.1, -0.05) is 32.0 Å². The highest BCUT2D eigenvalue weighted by Crippen LogP contribution is 2.18. The Balaban J connectivity index is 1.96. The third kappa shape index (κ3) is 4.08. The summed E-state index contributed by atoms with van der Waals surface area (Å²) in [4.78, 5) is 16.2. The maximum absolute atomic E-state index is 12.1. The molecule has 22 heavy (non-hydrogen) atoms. The van der Waals surface area contributed by atoms with Crippen molar-refractivity contribution < 1.29 is 9.21 Å². The summed E-state index contributed by atoms with van der Waals surface area (Å²) in [5, 5.41) is 2.77. The molecule has 0 spiro atoms. The fourth-order valence-electron chi connectivity index (χ4n) is 2.13. The van der Waals surface area contributed by atoms with Gasteiger partial charge in [0.1, 0.15) is 6.26 Å². The van der Waals surface area contributed by atoms with E-state index in [0.29, 0.717) is 24.0 Å². The molecular weight excluding hydrogens is 280 g/mol. The van der Waals surface area contributed by atoms with Crippen LogP contribution < -0.4 is 16.8 Å². The minimum Gasteiger partial charge on any atom is -0.446 e. The number of nitrogens with one attached hydrogen (secondary N) is 1. The summed E-state index contributed by atoms with van der Waals surface area (Å²) >= 11 is 0. The van der Waals surface area contributed by atoms with E-state index in [2.05, 4.69) is 24.1 Å². The standard InChI is InChI=1S/C16H22N4O2/c1-10(2)7-13(18)16-20-14(9-22-16)15(21)19-8-11-5-3-4-6-12(11)17/h3-6,9-10,13H,7-8,17-18H2,1-2H3,(H,19,21). The van der Waals surface area contributed by atoms with Crippen molar-refractivity contribution in [3.05, 3.63) is 47.7 Å². The number of carbonyl (C=O) groups is 1. The number of nitrogens with zero attached hydrogens (tertiary/aromatic N) is 1. The summed E-state index contributed by atoms with van der Waals surface area (Å²) in [5.41, 5.74) is 13.5. The van der Waals surface area contributed by atoms with Gasteiger partial charge in [-0.05, 0) is 24.0 Å². The minimum atomic E-state index is -0.310. The lowest BCUT2D eigenvalue weighted by atomic mass is 10.0. The molecule has 1 unspecified atom stereocenters. The Labute approximate surface area is 129 Å². The summed E-state index contributed by atoms with van der Waals surface area (Å²) in [6.07, 6.45) is 2.08. The zero-order valence-corrected chi connectivity index (χ0v) is 12.9. The summed E-state index contributed by atoms with van der Waals surface area (Å²) < 4.78 is 5.30. The van der Waals surface area contributed by atoms with Gasteiger partial charge in [-0.2, -0.15) is 0 Å². The number of nitrogen functional groups attached to an aromatic ring is 1. The lowest BCUT2D eigenvalue weighted by molar-refractivity contribution is 0.0946. The third-order valence-electron chi connectivity index (χ3n) is 3.29. The number of hydrogen-bond donors (Lipinski definition) is 3. The van der Waals surface area contributed by atoms with Crippen molar-refractivity contribution in [2.24, 2.45) is 11.7 Å². The Morgan fingerprint density at radius 2 is 2.09 bits per heavy atom. The van der Waals surface area contributed by atoms with E-state index in [9.17, 15) is 4.79 Å². The first-order valence-electron chi connectivity index (χ1n) is 7.30. The van der Waals surface area contributed by atoms with Crippen molar-refractivity contribution in [3.8, 4) is 0 Å². The van der Waals surface area contributed by atoms with Crippen molar-refractivity contribution in [2.45, 2.75) is 32.9 Å². The average Bonchev–Trinajstić information content (AvgIpc) is 2.95. The van der Waals surface area contributed by atoms with Gasteiger partial charge >= 0.3 is 0 Å². The smallest absolute Gasteiger partial charge is 0.273 e. The van der Waals surface area contributed by atoms with Crippen LogP contribution in [0.2, 0.25) is 0 Å². The molecule has 0 fully saturated rings. The topological polar surface area (TPSA) is 107 Å². The van der Waals surface area contributed by atoms with Crippen LogP contribution in [0.3, 0.4) is 0 Å². The molecule has 0 saturated heterocycles.